The van der Waals surface area contributed by atoms with Gasteiger partial charge in [0.2, 0.25) is 5.91 Å². The minimum atomic E-state index is -0.204. The Hall–Kier alpha value is -3.36. The van der Waals surface area contributed by atoms with Crippen LogP contribution in [0.3, 0.4) is 0 Å². The van der Waals surface area contributed by atoms with E-state index in [1.807, 2.05) is 4.90 Å². The molecule has 0 unspecified atom stereocenters. The first kappa shape index (κ1) is 18.7. The summed E-state index contributed by atoms with van der Waals surface area (Å²) in [5, 5.41) is 5.67. The van der Waals surface area contributed by atoms with Crippen molar-refractivity contribution in [1.29, 1.82) is 0 Å². The molecule has 1 aromatic heterocycles. The van der Waals surface area contributed by atoms with E-state index in [2.05, 4.69) is 20.6 Å². The zero-order valence-corrected chi connectivity index (χ0v) is 16.4. The molecule has 1 aromatic carbocycles. The van der Waals surface area contributed by atoms with Crippen molar-refractivity contribution in [3.8, 4) is 5.75 Å². The third kappa shape index (κ3) is 3.40. The lowest BCUT2D eigenvalue weighted by Gasteiger charge is -2.50. The number of nitrogens with zero attached hydrogens (tertiary/aromatic N) is 2. The van der Waals surface area contributed by atoms with Crippen LogP contribution in [-0.2, 0) is 16.1 Å². The van der Waals surface area contributed by atoms with Gasteiger partial charge in [-0.15, -0.1) is 0 Å². The molecule has 3 heterocycles. The molecular formula is C21H23N5O4. The molecule has 0 bridgehead atoms. The summed E-state index contributed by atoms with van der Waals surface area (Å²) in [7, 11) is 0. The van der Waals surface area contributed by atoms with Crippen LogP contribution in [-0.4, -0.2) is 52.3 Å². The third-order valence-electron chi connectivity index (χ3n) is 6.35. The second-order valence-electron chi connectivity index (χ2n) is 8.11. The molecule has 1 aliphatic carbocycles. The van der Waals surface area contributed by atoms with Crippen molar-refractivity contribution in [3.05, 3.63) is 42.0 Å². The molecule has 30 heavy (non-hydrogen) atoms. The molecule has 1 saturated carbocycles. The van der Waals surface area contributed by atoms with Crippen molar-refractivity contribution < 1.29 is 19.1 Å². The summed E-state index contributed by atoms with van der Waals surface area (Å²) in [4.78, 5) is 46.0. The fourth-order valence-electron chi connectivity index (χ4n) is 4.66. The number of amides is 3. The molecule has 3 amide bonds. The maximum Gasteiger partial charge on any atom is 0.262 e. The molecule has 156 valence electrons. The number of carbonyl (C=O) groups is 3. The first-order valence-corrected chi connectivity index (χ1v) is 10.2. The second kappa shape index (κ2) is 7.47. The first-order valence-electron chi connectivity index (χ1n) is 10.2. The van der Waals surface area contributed by atoms with Gasteiger partial charge in [-0.25, -0.2) is 4.98 Å². The minimum absolute atomic E-state index is 0.0277. The van der Waals surface area contributed by atoms with Crippen molar-refractivity contribution in [2.75, 3.05) is 25.0 Å². The minimum Gasteiger partial charge on any atom is -0.482 e. The van der Waals surface area contributed by atoms with Crippen molar-refractivity contribution in [3.63, 3.8) is 0 Å². The van der Waals surface area contributed by atoms with E-state index in [4.69, 9.17) is 4.74 Å². The van der Waals surface area contributed by atoms with Crippen molar-refractivity contribution in [2.24, 2.45) is 17.8 Å². The van der Waals surface area contributed by atoms with Crippen molar-refractivity contribution in [2.45, 2.75) is 19.4 Å². The van der Waals surface area contributed by atoms with Gasteiger partial charge < -0.3 is 25.3 Å². The zero-order valence-electron chi connectivity index (χ0n) is 16.4. The van der Waals surface area contributed by atoms with E-state index in [9.17, 15) is 14.4 Å². The Kier molecular flexibility index (Phi) is 4.65. The molecule has 1 saturated heterocycles. The van der Waals surface area contributed by atoms with Crippen molar-refractivity contribution in [1.82, 2.24) is 20.2 Å². The van der Waals surface area contributed by atoms with Crippen LogP contribution in [0.4, 0.5) is 5.69 Å². The summed E-state index contributed by atoms with van der Waals surface area (Å²) in [6.45, 7) is 1.60. The smallest absolute Gasteiger partial charge is 0.262 e. The van der Waals surface area contributed by atoms with Crippen LogP contribution in [0.25, 0.3) is 0 Å². The average molecular weight is 409 g/mol. The number of benzene rings is 1. The number of hydrogen-bond acceptors (Lipinski definition) is 5. The maximum atomic E-state index is 13.1. The molecule has 2 aliphatic heterocycles. The van der Waals surface area contributed by atoms with Crippen LogP contribution in [0.5, 0.6) is 5.75 Å². The average Bonchev–Trinajstić information content (AvgIpc) is 3.26. The molecular weight excluding hydrogens is 386 g/mol. The number of piperidine rings is 1. The highest BCUT2D eigenvalue weighted by Gasteiger charge is 2.48. The van der Waals surface area contributed by atoms with Gasteiger partial charge in [-0.2, -0.15) is 0 Å². The number of hydrogen-bond donors (Lipinski definition) is 3. The lowest BCUT2D eigenvalue weighted by Crippen LogP contribution is -2.56. The summed E-state index contributed by atoms with van der Waals surface area (Å²) in [6, 6.07) is 5.08. The van der Waals surface area contributed by atoms with Crippen LogP contribution in [0.15, 0.2) is 30.6 Å². The number of anilines is 1. The lowest BCUT2D eigenvalue weighted by atomic mass is 9.61. The lowest BCUT2D eigenvalue weighted by molar-refractivity contribution is -0.136. The normalized spacial score (nSPS) is 24.6. The zero-order chi connectivity index (χ0) is 20.7. The third-order valence-corrected chi connectivity index (χ3v) is 6.35. The standard InChI is InChI=1S/C21H23N5O4/c27-19-11-30-17-8-13(1-2-16(17)25-19)21(29)26-6-3-12-7-14(15(12)10-26)20(28)24-9-18-22-4-5-23-18/h1-2,4-5,8,12,14-15H,3,6-7,9-11H2,(H,22,23)(H,24,28)(H,25,27)/t12-,14-,15-/m1/s1. The number of rotatable bonds is 4. The molecule has 9 heteroatoms. The highest BCUT2D eigenvalue weighted by atomic mass is 16.5. The highest BCUT2D eigenvalue weighted by Crippen LogP contribution is 2.46. The SMILES string of the molecule is O=C1COc2cc(C(=O)N3CC[C@@H]4C[C@@H](C(=O)NCc5ncc[nH]5)[C@@H]4C3)ccc2N1. The number of aromatic amines is 1. The predicted molar refractivity (Wildman–Crippen MR) is 107 cm³/mol. The van der Waals surface area contributed by atoms with Gasteiger partial charge in [0.05, 0.1) is 12.2 Å². The molecule has 2 fully saturated rings. The number of carbonyl (C=O) groups excluding carboxylic acids is 3. The molecule has 3 aliphatic rings. The number of nitrogens with one attached hydrogen (secondary N) is 3. The maximum absolute atomic E-state index is 13.1. The molecule has 9 nitrogen and oxygen atoms in total. The number of likely N-dealkylation sites (tertiary alicyclic amines) is 1. The van der Waals surface area contributed by atoms with Crippen LogP contribution in [0.2, 0.25) is 0 Å². The fourth-order valence-corrected chi connectivity index (χ4v) is 4.66. The first-order chi connectivity index (χ1) is 14.6. The summed E-state index contributed by atoms with van der Waals surface area (Å²) < 4.78 is 5.43. The predicted octanol–water partition coefficient (Wildman–Crippen LogP) is 1.16. The Balaban J connectivity index is 1.22. The van der Waals surface area contributed by atoms with Gasteiger partial charge in [0.15, 0.2) is 6.61 Å². The number of aromatic nitrogens is 2. The Bertz CT molecular complexity index is 989. The van der Waals surface area contributed by atoms with E-state index in [0.29, 0.717) is 42.6 Å². The fraction of sp³-hybridized carbons (Fsp3) is 0.429. The van der Waals surface area contributed by atoms with Gasteiger partial charge in [-0.05, 0) is 42.9 Å². The van der Waals surface area contributed by atoms with E-state index >= 15 is 0 Å². The highest BCUT2D eigenvalue weighted by molar-refractivity contribution is 5.99. The Morgan fingerprint density at radius 2 is 2.23 bits per heavy atom. The topological polar surface area (TPSA) is 116 Å². The quantitative estimate of drug-likeness (QED) is 0.701. The van der Waals surface area contributed by atoms with Gasteiger partial charge in [-0.1, -0.05) is 0 Å². The molecule has 3 atom stereocenters. The number of ether oxygens (including phenoxy) is 1. The van der Waals surface area contributed by atoms with Gasteiger partial charge >= 0.3 is 0 Å². The number of H-pyrrole nitrogens is 1. The van der Waals surface area contributed by atoms with Gasteiger partial charge in [-0.3, -0.25) is 14.4 Å². The Morgan fingerprint density at radius 1 is 1.33 bits per heavy atom. The number of imidazole rings is 1. The summed E-state index contributed by atoms with van der Waals surface area (Å²) in [5.74, 6) is 1.61. The molecule has 0 radical (unpaired) electrons. The van der Waals surface area contributed by atoms with E-state index in [1.165, 1.54) is 0 Å². The van der Waals surface area contributed by atoms with Crippen molar-refractivity contribution >= 4 is 23.4 Å². The molecule has 3 N–H and O–H groups in total. The summed E-state index contributed by atoms with van der Waals surface area (Å²) >= 11 is 0. The van der Waals surface area contributed by atoms with E-state index in [1.54, 1.807) is 30.6 Å². The van der Waals surface area contributed by atoms with Crippen LogP contribution >= 0.6 is 0 Å². The summed E-state index contributed by atoms with van der Waals surface area (Å²) in [5.41, 5.74) is 1.11. The van der Waals surface area contributed by atoms with E-state index < -0.39 is 0 Å². The largest absolute Gasteiger partial charge is 0.482 e. The summed E-state index contributed by atoms with van der Waals surface area (Å²) in [6.07, 6.45) is 5.18. The number of fused-ring (bicyclic) bond motifs is 2. The van der Waals surface area contributed by atoms with Crippen LogP contribution in [0.1, 0.15) is 29.0 Å². The second-order valence-corrected chi connectivity index (χ2v) is 8.11. The molecule has 0 spiro atoms. The van der Waals surface area contributed by atoms with E-state index in [-0.39, 0.29) is 36.2 Å². The van der Waals surface area contributed by atoms with Crippen LogP contribution < -0.4 is 15.4 Å². The van der Waals surface area contributed by atoms with Gasteiger partial charge in [0.1, 0.15) is 11.6 Å². The Morgan fingerprint density at radius 3 is 3.07 bits per heavy atom. The van der Waals surface area contributed by atoms with Gasteiger partial charge in [0, 0.05) is 37.0 Å². The van der Waals surface area contributed by atoms with Gasteiger partial charge in [0.25, 0.3) is 11.8 Å². The van der Waals surface area contributed by atoms with Crippen LogP contribution in [0, 0.1) is 17.8 Å². The molecule has 5 rings (SSSR count). The van der Waals surface area contributed by atoms with E-state index in [0.717, 1.165) is 18.7 Å². The monoisotopic (exact) mass is 409 g/mol. The Labute approximate surface area is 173 Å². The molecule has 2 aromatic rings.